The zero-order chi connectivity index (χ0) is 19.4. The number of amides is 1. The van der Waals surface area contributed by atoms with Crippen molar-refractivity contribution in [3.63, 3.8) is 0 Å². The maximum Gasteiger partial charge on any atom is 0.258 e. The highest BCUT2D eigenvalue weighted by atomic mass is 35.5. The van der Waals surface area contributed by atoms with Gasteiger partial charge in [-0.1, -0.05) is 50.4 Å². The highest BCUT2D eigenvalue weighted by Crippen LogP contribution is 2.27. The number of nitrogens with one attached hydrogen (secondary N) is 1. The van der Waals surface area contributed by atoms with Crippen molar-refractivity contribution >= 4 is 17.5 Å². The normalized spacial score (nSPS) is 15.3. The lowest BCUT2D eigenvalue weighted by molar-refractivity contribution is -0.883. The second kappa shape index (κ2) is 8.89. The van der Waals surface area contributed by atoms with E-state index in [4.69, 9.17) is 16.7 Å². The molecule has 0 bridgehead atoms. The molecule has 146 valence electrons. The minimum Gasteiger partial charge on any atom is -0.334 e. The highest BCUT2D eigenvalue weighted by molar-refractivity contribution is 6.32. The zero-order valence-electron chi connectivity index (χ0n) is 16.6. The summed E-state index contributed by atoms with van der Waals surface area (Å²) in [7, 11) is 2.18. The van der Waals surface area contributed by atoms with Gasteiger partial charge in [0.15, 0.2) is 0 Å². The van der Waals surface area contributed by atoms with E-state index >= 15 is 0 Å². The average molecular weight is 390 g/mol. The van der Waals surface area contributed by atoms with E-state index in [1.165, 1.54) is 4.90 Å². The molecular formula is C21H30ClN4O+. The van der Waals surface area contributed by atoms with Crippen molar-refractivity contribution in [3.8, 4) is 5.69 Å². The van der Waals surface area contributed by atoms with Crippen molar-refractivity contribution in [1.82, 2.24) is 14.7 Å². The molecule has 1 aromatic heterocycles. The summed E-state index contributed by atoms with van der Waals surface area (Å²) in [6, 6.07) is 7.72. The van der Waals surface area contributed by atoms with Crippen LogP contribution in [-0.2, 0) is 12.8 Å². The molecule has 1 saturated heterocycles. The van der Waals surface area contributed by atoms with Crippen LogP contribution in [0.2, 0.25) is 5.02 Å². The zero-order valence-corrected chi connectivity index (χ0v) is 17.4. The molecule has 6 heteroatoms. The minimum absolute atomic E-state index is 0.132. The third-order valence-electron chi connectivity index (χ3n) is 5.23. The maximum absolute atomic E-state index is 13.5. The van der Waals surface area contributed by atoms with Crippen LogP contribution >= 0.6 is 11.6 Å². The fraction of sp³-hybridized carbons (Fsp3) is 0.524. The van der Waals surface area contributed by atoms with Gasteiger partial charge >= 0.3 is 0 Å². The molecule has 5 nitrogen and oxygen atoms in total. The van der Waals surface area contributed by atoms with E-state index in [1.54, 1.807) is 0 Å². The lowest BCUT2D eigenvalue weighted by Gasteiger charge is -2.30. The Morgan fingerprint density at radius 3 is 2.44 bits per heavy atom. The van der Waals surface area contributed by atoms with Crippen molar-refractivity contribution < 1.29 is 9.69 Å². The Morgan fingerprint density at radius 1 is 1.15 bits per heavy atom. The summed E-state index contributed by atoms with van der Waals surface area (Å²) in [5.41, 5.74) is 3.54. The summed E-state index contributed by atoms with van der Waals surface area (Å²) in [4.78, 5) is 16.9. The Morgan fingerprint density at radius 2 is 1.81 bits per heavy atom. The molecule has 0 radical (unpaired) electrons. The molecule has 0 unspecified atom stereocenters. The van der Waals surface area contributed by atoms with E-state index in [9.17, 15) is 4.79 Å². The predicted octanol–water partition coefficient (Wildman–Crippen LogP) is 2.40. The SMILES string of the molecule is CCCc1nn(-c2ccccc2Cl)c(CCC)c1C(=O)N1CC[NH+](C)CC1. The number of hydrogen-bond donors (Lipinski definition) is 1. The molecule has 1 aliphatic heterocycles. The number of halogens is 1. The summed E-state index contributed by atoms with van der Waals surface area (Å²) in [6.45, 7) is 7.86. The number of carbonyl (C=O) groups is 1. The number of carbonyl (C=O) groups excluding carboxylic acids is 1. The lowest BCUT2D eigenvalue weighted by atomic mass is 10.0. The molecule has 3 rings (SSSR count). The van der Waals surface area contributed by atoms with Gasteiger partial charge in [-0.3, -0.25) is 4.79 Å². The third kappa shape index (κ3) is 4.19. The molecule has 0 atom stereocenters. The van der Waals surface area contributed by atoms with Gasteiger partial charge in [-0.25, -0.2) is 4.68 Å². The molecule has 27 heavy (non-hydrogen) atoms. The summed E-state index contributed by atoms with van der Waals surface area (Å²) < 4.78 is 1.91. The van der Waals surface area contributed by atoms with Crippen molar-refractivity contribution in [2.45, 2.75) is 39.5 Å². The number of benzene rings is 1. The van der Waals surface area contributed by atoms with Crippen LogP contribution in [0.25, 0.3) is 5.69 Å². The molecule has 1 amide bonds. The predicted molar refractivity (Wildman–Crippen MR) is 109 cm³/mol. The van der Waals surface area contributed by atoms with Crippen LogP contribution in [0.5, 0.6) is 0 Å². The van der Waals surface area contributed by atoms with Gasteiger partial charge < -0.3 is 9.80 Å². The van der Waals surface area contributed by atoms with Gasteiger partial charge in [0.1, 0.15) is 0 Å². The molecule has 1 N–H and O–H groups in total. The number of nitrogens with zero attached hydrogens (tertiary/aromatic N) is 3. The average Bonchev–Trinajstić information content (AvgIpc) is 3.01. The second-order valence-electron chi connectivity index (χ2n) is 7.38. The lowest BCUT2D eigenvalue weighted by Crippen LogP contribution is -3.12. The van der Waals surface area contributed by atoms with Crippen molar-refractivity contribution in [2.75, 3.05) is 33.2 Å². The number of para-hydroxylation sites is 1. The van der Waals surface area contributed by atoms with Crippen LogP contribution in [0.4, 0.5) is 0 Å². The van der Waals surface area contributed by atoms with E-state index < -0.39 is 0 Å². The second-order valence-corrected chi connectivity index (χ2v) is 7.79. The number of aryl methyl sites for hydroxylation is 1. The van der Waals surface area contributed by atoms with Gasteiger partial charge in [0.05, 0.1) is 60.9 Å². The summed E-state index contributed by atoms with van der Waals surface area (Å²) in [5.74, 6) is 0.132. The van der Waals surface area contributed by atoms with Crippen LogP contribution in [0.1, 0.15) is 48.4 Å². The van der Waals surface area contributed by atoms with Crippen molar-refractivity contribution in [3.05, 3.63) is 46.2 Å². The van der Waals surface area contributed by atoms with Gasteiger partial charge in [-0.2, -0.15) is 5.10 Å². The molecule has 0 saturated carbocycles. The fourth-order valence-electron chi connectivity index (χ4n) is 3.70. The highest BCUT2D eigenvalue weighted by Gasteiger charge is 2.30. The van der Waals surface area contributed by atoms with Gasteiger partial charge in [0.2, 0.25) is 0 Å². The van der Waals surface area contributed by atoms with E-state index in [1.807, 2.05) is 33.8 Å². The smallest absolute Gasteiger partial charge is 0.258 e. The summed E-state index contributed by atoms with van der Waals surface area (Å²) in [5, 5.41) is 5.52. The first-order valence-electron chi connectivity index (χ1n) is 10.0. The van der Waals surface area contributed by atoms with Crippen LogP contribution in [-0.4, -0.2) is 53.8 Å². The topological polar surface area (TPSA) is 42.6 Å². The van der Waals surface area contributed by atoms with Crippen LogP contribution in [0.15, 0.2) is 24.3 Å². The van der Waals surface area contributed by atoms with Crippen molar-refractivity contribution in [1.29, 1.82) is 0 Å². The molecule has 2 heterocycles. The Hall–Kier alpha value is -1.85. The Bertz CT molecular complexity index is 793. The van der Waals surface area contributed by atoms with E-state index in [-0.39, 0.29) is 5.91 Å². The molecule has 0 aliphatic carbocycles. The number of aromatic nitrogens is 2. The maximum atomic E-state index is 13.5. The van der Waals surface area contributed by atoms with Gasteiger partial charge in [-0.15, -0.1) is 0 Å². The number of quaternary nitrogens is 1. The van der Waals surface area contributed by atoms with Crippen molar-refractivity contribution in [2.24, 2.45) is 0 Å². The molecule has 1 aliphatic rings. The van der Waals surface area contributed by atoms with Gasteiger partial charge in [0, 0.05) is 0 Å². The van der Waals surface area contributed by atoms with Crippen LogP contribution in [0, 0.1) is 0 Å². The van der Waals surface area contributed by atoms with Gasteiger partial charge in [-0.05, 0) is 25.0 Å². The standard InChI is InChI=1S/C21H29ClN4O/c1-4-8-17-20(21(27)25-14-12-24(3)13-15-25)19(9-5-2)26(23-17)18-11-7-6-10-16(18)22/h6-7,10-11H,4-5,8-9,12-15H2,1-3H3/p+1. The first kappa shape index (κ1) is 19.9. The fourth-order valence-corrected chi connectivity index (χ4v) is 3.92. The van der Waals surface area contributed by atoms with E-state index in [0.29, 0.717) is 5.02 Å². The first-order chi connectivity index (χ1) is 13.1. The third-order valence-corrected chi connectivity index (χ3v) is 5.55. The minimum atomic E-state index is 0.132. The van der Waals surface area contributed by atoms with Gasteiger partial charge in [0.25, 0.3) is 5.91 Å². The quantitative estimate of drug-likeness (QED) is 0.824. The van der Waals surface area contributed by atoms with Crippen LogP contribution in [0.3, 0.4) is 0 Å². The number of piperazine rings is 1. The Balaban J connectivity index is 2.08. The molecule has 1 fully saturated rings. The van der Waals surface area contributed by atoms with E-state index in [0.717, 1.165) is 74.5 Å². The molecular weight excluding hydrogens is 360 g/mol. The summed E-state index contributed by atoms with van der Waals surface area (Å²) in [6.07, 6.45) is 3.52. The largest absolute Gasteiger partial charge is 0.334 e. The Kier molecular flexibility index (Phi) is 6.55. The molecule has 0 spiro atoms. The first-order valence-corrected chi connectivity index (χ1v) is 10.4. The monoisotopic (exact) mass is 389 g/mol. The molecule has 1 aromatic carbocycles. The van der Waals surface area contributed by atoms with E-state index in [2.05, 4.69) is 20.9 Å². The summed E-state index contributed by atoms with van der Waals surface area (Å²) >= 11 is 6.45. The molecule has 2 aromatic rings. The van der Waals surface area contributed by atoms with Crippen LogP contribution < -0.4 is 4.90 Å². The Labute approximate surface area is 166 Å². The number of rotatable bonds is 6. The number of hydrogen-bond acceptors (Lipinski definition) is 2. The number of likely N-dealkylation sites (N-methyl/N-ethyl adjacent to an activating group) is 1.